The Hall–Kier alpha value is -3.59. The lowest BCUT2D eigenvalue weighted by molar-refractivity contribution is -0.120. The zero-order valence-electron chi connectivity index (χ0n) is 27.7. The van der Waals surface area contributed by atoms with Crippen molar-refractivity contribution in [2.45, 2.75) is 59.2 Å². The van der Waals surface area contributed by atoms with Crippen molar-refractivity contribution >= 4 is 47.2 Å². The summed E-state index contributed by atoms with van der Waals surface area (Å²) in [5.41, 5.74) is -1.60. The number of amides is 3. The van der Waals surface area contributed by atoms with E-state index in [0.29, 0.717) is 6.54 Å². The number of halogens is 1. The monoisotopic (exact) mass is 712 g/mol. The highest BCUT2D eigenvalue weighted by Crippen LogP contribution is 2.55. The van der Waals surface area contributed by atoms with E-state index in [0.717, 1.165) is 12.6 Å². The van der Waals surface area contributed by atoms with Crippen LogP contribution in [0.15, 0.2) is 96.0 Å². The highest BCUT2D eigenvalue weighted by atomic mass is 79.9. The van der Waals surface area contributed by atoms with Crippen LogP contribution in [0.4, 0.5) is 9.59 Å². The standard InChI is InChI=1S/C35H45N4O5P.BrH/c1-34(2,3)43-32(41)37-31(38-33(42)44-35(4,5)6)36-30(40)26-39(7)24-17-25-45(27-18-11-8-12-19-27,28-20-13-9-14-21-28)29-22-15-10-16-23-29;/h8-16,18-23H,17,24-26H2,1-7H3,(H-,36,37,38,40,41,42);1H. The number of aliphatic imine (C=N–C) groups is 1. The zero-order valence-corrected chi connectivity index (χ0v) is 30.2. The summed E-state index contributed by atoms with van der Waals surface area (Å²) in [4.78, 5) is 43.5. The third-order valence-electron chi connectivity index (χ3n) is 6.51. The number of nitrogens with zero attached hydrogens (tertiary/aromatic N) is 2. The summed E-state index contributed by atoms with van der Waals surface area (Å²) in [6.45, 7) is 10.8. The molecule has 0 fully saturated rings. The Balaban J connectivity index is 0.00000736. The summed E-state index contributed by atoms with van der Waals surface area (Å²) in [5.74, 6) is -0.815. The van der Waals surface area contributed by atoms with Gasteiger partial charge >= 0.3 is 12.2 Å². The average Bonchev–Trinajstić information content (AvgIpc) is 2.94. The molecule has 0 aromatic heterocycles. The molecule has 2 N–H and O–H groups in total. The van der Waals surface area contributed by atoms with Crippen molar-refractivity contribution < 1.29 is 40.8 Å². The zero-order chi connectivity index (χ0) is 33.1. The van der Waals surface area contributed by atoms with Crippen LogP contribution in [0.2, 0.25) is 0 Å². The van der Waals surface area contributed by atoms with E-state index in [2.05, 4.69) is 88.4 Å². The van der Waals surface area contributed by atoms with Gasteiger partial charge in [-0.1, -0.05) is 54.6 Å². The fourth-order valence-electron chi connectivity index (χ4n) is 4.82. The van der Waals surface area contributed by atoms with Crippen LogP contribution in [-0.2, 0) is 14.3 Å². The van der Waals surface area contributed by atoms with Gasteiger partial charge in [-0.25, -0.2) is 9.59 Å². The molecular weight excluding hydrogens is 667 g/mol. The lowest BCUT2D eigenvalue weighted by Crippen LogP contribution is -3.00. The Labute approximate surface area is 284 Å². The van der Waals surface area contributed by atoms with Gasteiger partial charge in [0.15, 0.2) is 0 Å². The van der Waals surface area contributed by atoms with Gasteiger partial charge in [-0.15, -0.1) is 4.99 Å². The van der Waals surface area contributed by atoms with Gasteiger partial charge in [0.05, 0.1) is 12.7 Å². The number of likely N-dealkylation sites (N-methyl/N-ethyl adjacent to an activating group) is 1. The molecule has 0 bridgehead atoms. The minimum Gasteiger partial charge on any atom is -1.00 e. The highest BCUT2D eigenvalue weighted by molar-refractivity contribution is 7.95. The maximum absolute atomic E-state index is 13.1. The van der Waals surface area contributed by atoms with E-state index in [4.69, 9.17) is 9.47 Å². The number of nitrogens with one attached hydrogen (secondary N) is 2. The second-order valence-corrected chi connectivity index (χ2v) is 16.4. The third kappa shape index (κ3) is 12.3. The van der Waals surface area contributed by atoms with E-state index >= 15 is 0 Å². The fourth-order valence-corrected chi connectivity index (χ4v) is 9.15. The van der Waals surface area contributed by atoms with Gasteiger partial charge in [-0.05, 0) is 91.4 Å². The summed E-state index contributed by atoms with van der Waals surface area (Å²) < 4.78 is 10.5. The molecule has 0 saturated carbocycles. The molecule has 0 radical (unpaired) electrons. The maximum Gasteiger partial charge on any atom is 0.437 e. The molecule has 0 unspecified atom stereocenters. The van der Waals surface area contributed by atoms with Crippen molar-refractivity contribution in [2.24, 2.45) is 4.99 Å². The SMILES string of the molecule is CN(CCC[P+](c1ccccc1)(c1ccccc1)c1ccccc1)CC(=O)N/C(=N\C(=O)OC(C)(C)C)NC(=O)OC(C)(C)C.[Br-]. The number of guanidine groups is 1. The van der Waals surface area contributed by atoms with Crippen molar-refractivity contribution in [3.05, 3.63) is 91.0 Å². The van der Waals surface area contributed by atoms with E-state index in [1.165, 1.54) is 15.9 Å². The molecule has 0 atom stereocenters. The predicted molar refractivity (Wildman–Crippen MR) is 183 cm³/mol. The number of hydrogen-bond acceptors (Lipinski definition) is 6. The topological polar surface area (TPSA) is 109 Å². The van der Waals surface area contributed by atoms with Gasteiger partial charge in [-0.3, -0.25) is 20.3 Å². The molecule has 46 heavy (non-hydrogen) atoms. The van der Waals surface area contributed by atoms with Gasteiger partial charge in [0.2, 0.25) is 11.9 Å². The lowest BCUT2D eigenvalue weighted by Gasteiger charge is -2.28. The first-order valence-corrected chi connectivity index (χ1v) is 17.0. The Morgan fingerprint density at radius 2 is 1.15 bits per heavy atom. The molecule has 248 valence electrons. The van der Waals surface area contributed by atoms with Crippen LogP contribution in [0.5, 0.6) is 0 Å². The molecule has 9 nitrogen and oxygen atoms in total. The molecule has 3 aromatic rings. The summed E-state index contributed by atoms with van der Waals surface area (Å²) in [5, 5.41) is 8.80. The molecule has 0 aliphatic heterocycles. The van der Waals surface area contributed by atoms with Crippen molar-refractivity contribution in [2.75, 3.05) is 26.3 Å². The fraction of sp³-hybridized carbons (Fsp3) is 0.371. The van der Waals surface area contributed by atoms with Crippen molar-refractivity contribution in [1.82, 2.24) is 15.5 Å². The minimum atomic E-state index is -1.99. The van der Waals surface area contributed by atoms with E-state index in [1.54, 1.807) is 41.5 Å². The number of carbonyl (C=O) groups is 3. The molecule has 0 spiro atoms. The summed E-state index contributed by atoms with van der Waals surface area (Å²) in [7, 11) is -0.132. The van der Waals surface area contributed by atoms with E-state index in [-0.39, 0.29) is 29.5 Å². The molecule has 3 amide bonds. The Morgan fingerprint density at radius 3 is 1.57 bits per heavy atom. The minimum absolute atomic E-state index is 0. The Kier molecular flexibility index (Phi) is 14.6. The number of benzene rings is 3. The number of rotatable bonds is 9. The van der Waals surface area contributed by atoms with Gasteiger partial charge < -0.3 is 26.5 Å². The number of alkyl carbamates (subject to hydrolysis) is 1. The van der Waals surface area contributed by atoms with Gasteiger partial charge in [0.25, 0.3) is 0 Å². The molecule has 3 aromatic carbocycles. The van der Waals surface area contributed by atoms with Crippen molar-refractivity contribution in [1.29, 1.82) is 0 Å². The van der Waals surface area contributed by atoms with Crippen molar-refractivity contribution in [3.8, 4) is 0 Å². The van der Waals surface area contributed by atoms with Crippen LogP contribution >= 0.6 is 7.26 Å². The average molecular weight is 714 g/mol. The van der Waals surface area contributed by atoms with E-state index in [9.17, 15) is 14.4 Å². The third-order valence-corrected chi connectivity index (χ3v) is 11.0. The van der Waals surface area contributed by atoms with Gasteiger partial charge in [0.1, 0.15) is 34.4 Å². The smallest absolute Gasteiger partial charge is 0.437 e. The molecule has 0 heterocycles. The van der Waals surface area contributed by atoms with Crippen LogP contribution in [0.1, 0.15) is 48.0 Å². The molecule has 0 saturated heterocycles. The van der Waals surface area contributed by atoms with Gasteiger partial charge in [0, 0.05) is 6.54 Å². The Morgan fingerprint density at radius 1 is 0.717 bits per heavy atom. The quantitative estimate of drug-likeness (QED) is 0.200. The molecular formula is C35H46BrN4O5P. The maximum atomic E-state index is 13.1. The summed E-state index contributed by atoms with van der Waals surface area (Å²) >= 11 is 0. The molecule has 0 aliphatic carbocycles. The second kappa shape index (κ2) is 17.4. The first-order valence-electron chi connectivity index (χ1n) is 15.0. The number of ether oxygens (including phenoxy) is 2. The van der Waals surface area contributed by atoms with Crippen LogP contribution < -0.4 is 43.5 Å². The highest BCUT2D eigenvalue weighted by Gasteiger charge is 2.44. The van der Waals surface area contributed by atoms with E-state index in [1.807, 2.05) is 30.1 Å². The molecule has 0 aliphatic rings. The van der Waals surface area contributed by atoms with E-state index < -0.39 is 36.6 Å². The lowest BCUT2D eigenvalue weighted by atomic mass is 10.2. The number of carbonyl (C=O) groups excluding carboxylic acids is 3. The number of hydrogen-bond donors (Lipinski definition) is 2. The predicted octanol–water partition coefficient (Wildman–Crippen LogP) is 2.24. The van der Waals surface area contributed by atoms with Crippen LogP contribution in [-0.4, -0.2) is 66.5 Å². The summed E-state index contributed by atoms with van der Waals surface area (Å²) in [6.07, 6.45) is -0.0832. The van der Waals surface area contributed by atoms with Gasteiger partial charge in [-0.2, -0.15) is 0 Å². The van der Waals surface area contributed by atoms with Crippen LogP contribution in [0, 0.1) is 0 Å². The van der Waals surface area contributed by atoms with Crippen LogP contribution in [0.25, 0.3) is 0 Å². The first kappa shape index (κ1) is 38.6. The second-order valence-electron chi connectivity index (χ2n) is 12.7. The molecule has 11 heteroatoms. The van der Waals surface area contributed by atoms with Crippen molar-refractivity contribution in [3.63, 3.8) is 0 Å². The van der Waals surface area contributed by atoms with Crippen LogP contribution in [0.3, 0.4) is 0 Å². The Bertz CT molecular complexity index is 1350. The normalized spacial score (nSPS) is 12.1. The molecule has 3 rings (SSSR count). The first-order chi connectivity index (χ1) is 21.2. The summed E-state index contributed by atoms with van der Waals surface area (Å²) in [6, 6.07) is 32.0. The largest absolute Gasteiger partial charge is 1.00 e.